The van der Waals surface area contributed by atoms with E-state index in [9.17, 15) is 0 Å². The fourth-order valence-corrected chi connectivity index (χ4v) is 3.96. The summed E-state index contributed by atoms with van der Waals surface area (Å²) >= 11 is 0. The smallest absolute Gasteiger partial charge is 0.248 e. The summed E-state index contributed by atoms with van der Waals surface area (Å²) in [6.07, 6.45) is 2.75. The zero-order valence-corrected chi connectivity index (χ0v) is 18.0. The van der Waals surface area contributed by atoms with Gasteiger partial charge in [0.2, 0.25) is 11.9 Å². The van der Waals surface area contributed by atoms with Crippen LogP contribution in [0.2, 0.25) is 0 Å². The normalized spacial score (nSPS) is 17.2. The summed E-state index contributed by atoms with van der Waals surface area (Å²) in [5, 5.41) is 7.81. The fraction of sp³-hybridized carbons (Fsp3) is 0.409. The molecule has 0 amide bonds. The monoisotopic (exact) mass is 436 g/mol. The third-order valence-electron chi connectivity index (χ3n) is 5.65. The Morgan fingerprint density at radius 3 is 2.41 bits per heavy atom. The number of benzene rings is 1. The number of ether oxygens (including phenoxy) is 2. The number of anilines is 5. The van der Waals surface area contributed by atoms with Crippen LogP contribution in [0, 0.1) is 0 Å². The van der Waals surface area contributed by atoms with Gasteiger partial charge in [-0.1, -0.05) is 0 Å². The minimum Gasteiger partial charge on any atom is -0.380 e. The van der Waals surface area contributed by atoms with Crippen LogP contribution in [-0.4, -0.2) is 72.4 Å². The average molecular weight is 437 g/mol. The third kappa shape index (κ3) is 4.61. The molecule has 2 saturated heterocycles. The van der Waals surface area contributed by atoms with Crippen molar-refractivity contribution in [2.75, 3.05) is 73.5 Å². The van der Waals surface area contributed by atoms with Crippen molar-refractivity contribution in [3.63, 3.8) is 0 Å². The highest BCUT2D eigenvalue weighted by atomic mass is 16.5. The summed E-state index contributed by atoms with van der Waals surface area (Å²) in [7, 11) is 0. The van der Waals surface area contributed by atoms with Gasteiger partial charge in [0, 0.05) is 56.4 Å². The van der Waals surface area contributed by atoms with Crippen molar-refractivity contribution in [2.24, 2.45) is 0 Å². The molecule has 168 valence electrons. The molecule has 0 atom stereocenters. The molecule has 0 saturated carbocycles. The summed E-state index contributed by atoms with van der Waals surface area (Å²) in [6.45, 7) is 6.57. The summed E-state index contributed by atoms with van der Waals surface area (Å²) in [5.74, 6) is 1.65. The van der Waals surface area contributed by atoms with E-state index >= 15 is 0 Å². The first-order valence-electron chi connectivity index (χ1n) is 11.0. The molecule has 2 aromatic heterocycles. The maximum atomic E-state index is 6.18. The van der Waals surface area contributed by atoms with Crippen molar-refractivity contribution in [1.82, 2.24) is 19.7 Å². The number of morpholine rings is 1. The second kappa shape index (κ2) is 9.41. The number of nitrogens with one attached hydrogen (secondary N) is 1. The molecule has 0 unspecified atom stereocenters. The summed E-state index contributed by atoms with van der Waals surface area (Å²) in [6, 6.07) is 12.1. The number of hydrogen-bond donors (Lipinski definition) is 2. The number of nitrogen functional groups attached to an aromatic ring is 1. The Balaban J connectivity index is 1.30. The van der Waals surface area contributed by atoms with Crippen molar-refractivity contribution >= 4 is 29.1 Å². The summed E-state index contributed by atoms with van der Waals surface area (Å²) in [5.41, 5.74) is 9.08. The van der Waals surface area contributed by atoms with Crippen LogP contribution in [-0.2, 0) is 9.47 Å². The molecule has 0 radical (unpaired) electrons. The number of aromatic nitrogens is 4. The van der Waals surface area contributed by atoms with Gasteiger partial charge in [-0.15, -0.1) is 5.10 Å². The van der Waals surface area contributed by atoms with Crippen LogP contribution in [0.5, 0.6) is 0 Å². The van der Waals surface area contributed by atoms with Gasteiger partial charge in [0.15, 0.2) is 0 Å². The molecule has 0 spiro atoms. The van der Waals surface area contributed by atoms with Gasteiger partial charge in [0.05, 0.1) is 25.5 Å². The van der Waals surface area contributed by atoms with Crippen LogP contribution in [0.15, 0.2) is 42.6 Å². The van der Waals surface area contributed by atoms with Crippen molar-refractivity contribution in [3.05, 3.63) is 42.6 Å². The van der Waals surface area contributed by atoms with Crippen molar-refractivity contribution < 1.29 is 9.47 Å². The Morgan fingerprint density at radius 2 is 1.59 bits per heavy atom. The molecule has 0 bridgehead atoms. The zero-order valence-electron chi connectivity index (χ0n) is 18.0. The Bertz CT molecular complexity index is 1020. The molecule has 0 aliphatic carbocycles. The first-order chi connectivity index (χ1) is 15.8. The van der Waals surface area contributed by atoms with Crippen molar-refractivity contribution in [3.8, 4) is 5.69 Å². The third-order valence-corrected chi connectivity index (χ3v) is 5.65. The van der Waals surface area contributed by atoms with E-state index in [2.05, 4.69) is 42.3 Å². The number of rotatable bonds is 5. The van der Waals surface area contributed by atoms with E-state index in [1.807, 2.05) is 24.3 Å². The Labute approximate surface area is 187 Å². The topological polar surface area (TPSA) is 107 Å². The zero-order chi connectivity index (χ0) is 21.8. The number of pyridine rings is 1. The molecule has 10 nitrogen and oxygen atoms in total. The first kappa shape index (κ1) is 20.5. The maximum absolute atomic E-state index is 6.18. The lowest BCUT2D eigenvalue weighted by atomic mass is 10.2. The van der Waals surface area contributed by atoms with Gasteiger partial charge in [0.25, 0.3) is 0 Å². The Hall–Kier alpha value is -3.37. The van der Waals surface area contributed by atoms with Gasteiger partial charge in [-0.3, -0.25) is 0 Å². The predicted molar refractivity (Wildman–Crippen MR) is 124 cm³/mol. The molecule has 2 aliphatic heterocycles. The maximum Gasteiger partial charge on any atom is 0.248 e. The number of nitrogens with zero attached hydrogens (tertiary/aromatic N) is 6. The van der Waals surface area contributed by atoms with Gasteiger partial charge in [-0.05, 0) is 36.8 Å². The molecule has 1 aromatic carbocycles. The molecule has 32 heavy (non-hydrogen) atoms. The SMILES string of the molecule is Nc1nc(Nc2ccc(N3CCOCC3)cc2)nn1-c1ccnc(N2CCCOCC2)c1. The second-order valence-corrected chi connectivity index (χ2v) is 7.80. The molecule has 3 N–H and O–H groups in total. The minimum absolute atomic E-state index is 0.314. The molecule has 2 aliphatic rings. The standard InChI is InChI=1S/C22H28N8O2/c23-21-26-22(25-17-2-4-18(5-3-17)28-9-13-32-14-10-28)27-30(21)19-6-7-24-20(16-19)29-8-1-12-31-15-11-29/h2-7,16H,1,8-15H2,(H3,23,25,26,27). The van der Waals surface area contributed by atoms with Crippen LogP contribution in [0.4, 0.5) is 29.1 Å². The van der Waals surface area contributed by atoms with Gasteiger partial charge in [0.1, 0.15) is 5.82 Å². The van der Waals surface area contributed by atoms with Crippen LogP contribution in [0.1, 0.15) is 6.42 Å². The van der Waals surface area contributed by atoms with E-state index in [1.54, 1.807) is 10.9 Å². The quantitative estimate of drug-likeness (QED) is 0.621. The first-order valence-corrected chi connectivity index (χ1v) is 11.0. The van der Waals surface area contributed by atoms with Crippen LogP contribution >= 0.6 is 0 Å². The largest absolute Gasteiger partial charge is 0.380 e. The van der Waals surface area contributed by atoms with E-state index in [0.29, 0.717) is 18.5 Å². The highest BCUT2D eigenvalue weighted by Gasteiger charge is 2.15. The highest BCUT2D eigenvalue weighted by Crippen LogP contribution is 2.23. The fourth-order valence-electron chi connectivity index (χ4n) is 3.96. The number of hydrogen-bond acceptors (Lipinski definition) is 9. The number of nitrogens with two attached hydrogens (primary N) is 1. The molecule has 4 heterocycles. The highest BCUT2D eigenvalue weighted by molar-refractivity contribution is 5.60. The van der Waals surface area contributed by atoms with Crippen molar-refractivity contribution in [2.45, 2.75) is 6.42 Å². The van der Waals surface area contributed by atoms with E-state index in [4.69, 9.17) is 15.2 Å². The van der Waals surface area contributed by atoms with Crippen LogP contribution < -0.4 is 20.9 Å². The lowest BCUT2D eigenvalue weighted by Gasteiger charge is -2.28. The van der Waals surface area contributed by atoms with Gasteiger partial charge in [-0.2, -0.15) is 9.67 Å². The van der Waals surface area contributed by atoms with E-state index in [0.717, 1.165) is 69.6 Å². The Kier molecular flexibility index (Phi) is 6.04. The second-order valence-electron chi connectivity index (χ2n) is 7.80. The van der Waals surface area contributed by atoms with Gasteiger partial charge in [-0.25, -0.2) is 4.98 Å². The molecule has 2 fully saturated rings. The average Bonchev–Trinajstić information content (AvgIpc) is 3.02. The van der Waals surface area contributed by atoms with Gasteiger partial charge >= 0.3 is 0 Å². The molecular weight excluding hydrogens is 408 g/mol. The van der Waals surface area contributed by atoms with Gasteiger partial charge < -0.3 is 30.3 Å². The van der Waals surface area contributed by atoms with E-state index in [-0.39, 0.29) is 0 Å². The Morgan fingerprint density at radius 1 is 0.844 bits per heavy atom. The molecular formula is C22H28N8O2. The van der Waals surface area contributed by atoms with Crippen LogP contribution in [0.25, 0.3) is 5.69 Å². The molecule has 3 aromatic rings. The lowest BCUT2D eigenvalue weighted by molar-refractivity contribution is 0.122. The van der Waals surface area contributed by atoms with E-state index < -0.39 is 0 Å². The summed E-state index contributed by atoms with van der Waals surface area (Å²) in [4.78, 5) is 13.4. The van der Waals surface area contributed by atoms with Crippen molar-refractivity contribution in [1.29, 1.82) is 0 Å². The lowest BCUT2D eigenvalue weighted by Crippen LogP contribution is -2.36. The summed E-state index contributed by atoms with van der Waals surface area (Å²) < 4.78 is 12.6. The molecule has 10 heteroatoms. The van der Waals surface area contributed by atoms with E-state index in [1.165, 1.54) is 5.69 Å². The molecule has 5 rings (SSSR count). The minimum atomic E-state index is 0.314. The van der Waals surface area contributed by atoms with Crippen LogP contribution in [0.3, 0.4) is 0 Å². The predicted octanol–water partition coefficient (Wildman–Crippen LogP) is 2.05.